The summed E-state index contributed by atoms with van der Waals surface area (Å²) in [5.74, 6) is -0.745. The summed E-state index contributed by atoms with van der Waals surface area (Å²) in [5.41, 5.74) is -3.29. The van der Waals surface area contributed by atoms with Crippen molar-refractivity contribution in [2.24, 2.45) is 13.0 Å². The number of alkyl halides is 3. The molecule has 0 aliphatic carbocycles. The first-order valence-electron chi connectivity index (χ1n) is 7.15. The van der Waals surface area contributed by atoms with Crippen LogP contribution in [0, 0.1) is 28.6 Å². The molecule has 0 aliphatic heterocycles. The number of rotatable bonds is 4. The van der Waals surface area contributed by atoms with Gasteiger partial charge in [0.25, 0.3) is 5.56 Å². The van der Waals surface area contributed by atoms with Gasteiger partial charge in [0.15, 0.2) is 0 Å². The predicted molar refractivity (Wildman–Crippen MR) is 80.2 cm³/mol. The molecule has 130 valence electrons. The molecule has 0 aliphatic rings. The fourth-order valence-corrected chi connectivity index (χ4v) is 2.35. The van der Waals surface area contributed by atoms with Crippen molar-refractivity contribution in [1.82, 2.24) is 14.1 Å². The smallest absolute Gasteiger partial charge is 0.280 e. The molecule has 2 aromatic heterocycles. The van der Waals surface area contributed by atoms with E-state index in [1.54, 1.807) is 0 Å². The molecule has 0 saturated carbocycles. The molecule has 0 N–H and O–H groups in total. The number of halogens is 3. The zero-order valence-electron chi connectivity index (χ0n) is 13.0. The number of pyridine rings is 1. The van der Waals surface area contributed by atoms with E-state index >= 15 is 0 Å². The lowest BCUT2D eigenvalue weighted by molar-refractivity contribution is -0.141. The Labute approximate surface area is 139 Å². The first kappa shape index (κ1) is 18.2. The molecule has 0 radical (unpaired) electrons. The fraction of sp³-hybridized carbons (Fsp3) is 0.400. The summed E-state index contributed by atoms with van der Waals surface area (Å²) in [7, 11) is 1.20. The summed E-state index contributed by atoms with van der Waals surface area (Å²) in [4.78, 5) is 28.1. The number of hydrogen-bond acceptors (Lipinski definition) is 5. The fourth-order valence-electron chi connectivity index (χ4n) is 2.35. The standard InChI is InChI=1S/C15H12F3N5O2/c1-22-12-10(4-5-11(21-12)15(16,17)18)13(24)23(14(22)25)8-9(7-20)3-2-6-19/h4-5,9H,2-3,8H2,1H3/t9-/m0/s1. The van der Waals surface area contributed by atoms with Crippen LogP contribution in [0.4, 0.5) is 13.2 Å². The second-order valence-corrected chi connectivity index (χ2v) is 5.35. The first-order valence-corrected chi connectivity index (χ1v) is 7.15. The Bertz CT molecular complexity index is 1010. The first-order chi connectivity index (χ1) is 11.7. The maximum atomic E-state index is 12.8. The third kappa shape index (κ3) is 3.53. The van der Waals surface area contributed by atoms with Gasteiger partial charge in [-0.15, -0.1) is 0 Å². The minimum atomic E-state index is -4.71. The van der Waals surface area contributed by atoms with E-state index in [1.165, 1.54) is 7.05 Å². The summed E-state index contributed by atoms with van der Waals surface area (Å²) in [5, 5.41) is 17.5. The van der Waals surface area contributed by atoms with Crippen LogP contribution in [-0.4, -0.2) is 14.1 Å². The van der Waals surface area contributed by atoms with Crippen LogP contribution in [0.2, 0.25) is 0 Å². The molecule has 25 heavy (non-hydrogen) atoms. The molecule has 0 unspecified atom stereocenters. The van der Waals surface area contributed by atoms with E-state index in [0.29, 0.717) is 6.07 Å². The van der Waals surface area contributed by atoms with Crippen molar-refractivity contribution in [3.05, 3.63) is 38.7 Å². The molecule has 0 fully saturated rings. The predicted octanol–water partition coefficient (Wildman–Crippen LogP) is 1.56. The van der Waals surface area contributed by atoms with Crippen molar-refractivity contribution in [2.75, 3.05) is 0 Å². The minimum absolute atomic E-state index is 0.0807. The highest BCUT2D eigenvalue weighted by Gasteiger charge is 2.33. The number of hydrogen-bond donors (Lipinski definition) is 0. The van der Waals surface area contributed by atoms with Gasteiger partial charge < -0.3 is 0 Å². The average molecular weight is 351 g/mol. The molecule has 10 heteroatoms. The second-order valence-electron chi connectivity index (χ2n) is 5.35. The van der Waals surface area contributed by atoms with Crippen LogP contribution < -0.4 is 11.2 Å². The molecule has 2 heterocycles. The van der Waals surface area contributed by atoms with Gasteiger partial charge in [-0.3, -0.25) is 13.9 Å². The maximum Gasteiger partial charge on any atom is 0.433 e. The Hall–Kier alpha value is -3.14. The van der Waals surface area contributed by atoms with Gasteiger partial charge in [0, 0.05) is 20.0 Å². The van der Waals surface area contributed by atoms with E-state index in [1.807, 2.05) is 12.1 Å². The zero-order valence-corrected chi connectivity index (χ0v) is 13.0. The Balaban J connectivity index is 2.62. The number of nitriles is 2. The van der Waals surface area contributed by atoms with E-state index in [2.05, 4.69) is 4.98 Å². The van der Waals surface area contributed by atoms with E-state index in [9.17, 15) is 22.8 Å². The highest BCUT2D eigenvalue weighted by Crippen LogP contribution is 2.28. The maximum absolute atomic E-state index is 12.8. The van der Waals surface area contributed by atoms with E-state index < -0.39 is 29.0 Å². The third-order valence-electron chi connectivity index (χ3n) is 3.67. The van der Waals surface area contributed by atoms with Gasteiger partial charge in [-0.2, -0.15) is 23.7 Å². The highest BCUT2D eigenvalue weighted by atomic mass is 19.4. The third-order valence-corrected chi connectivity index (χ3v) is 3.67. The van der Waals surface area contributed by atoms with Gasteiger partial charge in [0.05, 0.1) is 23.4 Å². The Kier molecular flexibility index (Phi) is 4.93. The van der Waals surface area contributed by atoms with Crippen LogP contribution in [-0.2, 0) is 19.8 Å². The molecule has 1 atom stereocenters. The van der Waals surface area contributed by atoms with Crippen LogP contribution in [0.3, 0.4) is 0 Å². The molecular weight excluding hydrogens is 339 g/mol. The number of aryl methyl sites for hydroxylation is 1. The van der Waals surface area contributed by atoms with E-state index in [0.717, 1.165) is 15.2 Å². The van der Waals surface area contributed by atoms with Gasteiger partial charge in [0.2, 0.25) is 0 Å². The molecule has 7 nitrogen and oxygen atoms in total. The highest BCUT2D eigenvalue weighted by molar-refractivity contribution is 5.74. The van der Waals surface area contributed by atoms with Gasteiger partial charge in [-0.1, -0.05) is 0 Å². The average Bonchev–Trinajstić information content (AvgIpc) is 2.58. The van der Waals surface area contributed by atoms with Gasteiger partial charge in [-0.25, -0.2) is 9.78 Å². The van der Waals surface area contributed by atoms with Crippen molar-refractivity contribution < 1.29 is 13.2 Å². The van der Waals surface area contributed by atoms with Crippen LogP contribution >= 0.6 is 0 Å². The van der Waals surface area contributed by atoms with Gasteiger partial charge >= 0.3 is 11.9 Å². The summed E-state index contributed by atoms with van der Waals surface area (Å²) in [6, 6.07) is 5.40. The lowest BCUT2D eigenvalue weighted by Crippen LogP contribution is -2.41. The van der Waals surface area contributed by atoms with Crippen LogP contribution in [0.1, 0.15) is 18.5 Å². The lowest BCUT2D eigenvalue weighted by atomic mass is 10.1. The number of fused-ring (bicyclic) bond motifs is 1. The molecule has 0 aromatic carbocycles. The van der Waals surface area contributed by atoms with Crippen LogP contribution in [0.5, 0.6) is 0 Å². The summed E-state index contributed by atoms with van der Waals surface area (Å²) in [6.45, 7) is -0.249. The van der Waals surface area contributed by atoms with Crippen molar-refractivity contribution in [2.45, 2.75) is 25.6 Å². The van der Waals surface area contributed by atoms with Crippen molar-refractivity contribution >= 4 is 11.0 Å². The molecular formula is C15H12F3N5O2. The molecule has 2 rings (SSSR count). The molecule has 0 bridgehead atoms. The SMILES string of the molecule is Cn1c(=O)n(C[C@H](C#N)CCC#N)c(=O)c2ccc(C(F)(F)F)nc21. The lowest BCUT2D eigenvalue weighted by Gasteiger charge is -2.13. The number of aromatic nitrogens is 3. The topological polar surface area (TPSA) is 104 Å². The van der Waals surface area contributed by atoms with Crippen molar-refractivity contribution in [1.29, 1.82) is 10.5 Å². The Morgan fingerprint density at radius 2 is 1.96 bits per heavy atom. The molecule has 0 saturated heterocycles. The second kappa shape index (κ2) is 6.77. The quantitative estimate of drug-likeness (QED) is 0.831. The van der Waals surface area contributed by atoms with Crippen LogP contribution in [0.25, 0.3) is 11.0 Å². The van der Waals surface area contributed by atoms with Crippen LogP contribution in [0.15, 0.2) is 21.7 Å². The normalized spacial score (nSPS) is 12.6. The largest absolute Gasteiger partial charge is 0.433 e. The minimum Gasteiger partial charge on any atom is -0.280 e. The summed E-state index contributed by atoms with van der Waals surface area (Å²) >= 11 is 0. The zero-order chi connectivity index (χ0) is 18.8. The molecule has 0 amide bonds. The monoisotopic (exact) mass is 351 g/mol. The Morgan fingerprint density at radius 1 is 1.28 bits per heavy atom. The molecule has 0 spiro atoms. The summed E-state index contributed by atoms with van der Waals surface area (Å²) in [6.07, 6.45) is -4.45. The van der Waals surface area contributed by atoms with Gasteiger partial charge in [0.1, 0.15) is 11.3 Å². The molecule has 2 aromatic rings. The van der Waals surface area contributed by atoms with Crippen molar-refractivity contribution in [3.8, 4) is 12.1 Å². The van der Waals surface area contributed by atoms with Gasteiger partial charge in [-0.05, 0) is 18.6 Å². The van der Waals surface area contributed by atoms with Crippen molar-refractivity contribution in [3.63, 3.8) is 0 Å². The van der Waals surface area contributed by atoms with E-state index in [-0.39, 0.29) is 30.4 Å². The van der Waals surface area contributed by atoms with E-state index in [4.69, 9.17) is 10.5 Å². The summed E-state index contributed by atoms with van der Waals surface area (Å²) < 4.78 is 39.9. The Morgan fingerprint density at radius 3 is 2.52 bits per heavy atom. The number of nitrogens with zero attached hydrogens (tertiary/aromatic N) is 5.